The van der Waals surface area contributed by atoms with Gasteiger partial charge in [0.2, 0.25) is 5.91 Å². The van der Waals surface area contributed by atoms with Crippen LogP contribution in [0.3, 0.4) is 0 Å². The van der Waals surface area contributed by atoms with Gasteiger partial charge in [-0.3, -0.25) is 14.4 Å². The van der Waals surface area contributed by atoms with E-state index in [1.165, 1.54) is 38.2 Å². The van der Waals surface area contributed by atoms with E-state index in [9.17, 15) is 14.4 Å². The number of hydrogen-bond acceptors (Lipinski definition) is 4. The van der Waals surface area contributed by atoms with Gasteiger partial charge in [-0.1, -0.05) is 24.5 Å². The predicted octanol–water partition coefficient (Wildman–Crippen LogP) is 3.72. The topological polar surface area (TPSA) is 75.7 Å². The number of likely N-dealkylation sites (tertiary alicyclic amines) is 1. The van der Waals surface area contributed by atoms with Crippen LogP contribution in [0, 0.1) is 11.8 Å². The summed E-state index contributed by atoms with van der Waals surface area (Å²) >= 11 is 0. The van der Waals surface area contributed by atoms with Gasteiger partial charge in [-0.2, -0.15) is 0 Å². The van der Waals surface area contributed by atoms with Crippen molar-refractivity contribution in [3.05, 3.63) is 41.5 Å². The maximum Gasteiger partial charge on any atom is 0.308 e. The zero-order valence-corrected chi connectivity index (χ0v) is 18.0. The number of esters is 1. The van der Waals surface area contributed by atoms with Gasteiger partial charge < -0.3 is 15.0 Å². The average Bonchev–Trinajstić information content (AvgIpc) is 3.27. The zero-order valence-electron chi connectivity index (χ0n) is 18.0. The molecule has 3 rings (SSSR count). The molecule has 1 heterocycles. The second-order valence-corrected chi connectivity index (χ2v) is 8.47. The molecule has 1 N–H and O–H groups in total. The Morgan fingerprint density at radius 2 is 1.80 bits per heavy atom. The largest absolute Gasteiger partial charge is 0.427 e. The number of nitrogens with zero attached hydrogens (tertiary/aromatic N) is 1. The van der Waals surface area contributed by atoms with Crippen molar-refractivity contribution in [2.75, 3.05) is 19.6 Å². The van der Waals surface area contributed by atoms with Crippen molar-refractivity contribution in [3.63, 3.8) is 0 Å². The first-order valence-electron chi connectivity index (χ1n) is 11.0. The highest BCUT2D eigenvalue weighted by atomic mass is 16.5. The molecule has 1 saturated carbocycles. The first-order chi connectivity index (χ1) is 14.4. The summed E-state index contributed by atoms with van der Waals surface area (Å²) in [5.74, 6) is 0.836. The summed E-state index contributed by atoms with van der Waals surface area (Å²) in [6, 6.07) is 6.60. The van der Waals surface area contributed by atoms with E-state index >= 15 is 0 Å². The molecule has 0 atom stereocenters. The SMILES string of the molecule is CC(=O)Oc1cccc(C(=O)NCC2CCN(C(=O)/C=C(\C)C3CCCC3)CC2)c1. The third kappa shape index (κ3) is 6.18. The van der Waals surface area contributed by atoms with E-state index in [1.807, 2.05) is 11.0 Å². The van der Waals surface area contributed by atoms with Crippen molar-refractivity contribution in [3.8, 4) is 5.75 Å². The van der Waals surface area contributed by atoms with Crippen LogP contribution in [0.15, 0.2) is 35.9 Å². The van der Waals surface area contributed by atoms with Crippen molar-refractivity contribution in [2.45, 2.75) is 52.4 Å². The minimum absolute atomic E-state index is 0.129. The molecule has 1 aromatic rings. The lowest BCUT2D eigenvalue weighted by Crippen LogP contribution is -2.41. The van der Waals surface area contributed by atoms with E-state index in [2.05, 4.69) is 12.2 Å². The van der Waals surface area contributed by atoms with Crippen molar-refractivity contribution < 1.29 is 19.1 Å². The lowest BCUT2D eigenvalue weighted by atomic mass is 9.95. The van der Waals surface area contributed by atoms with Gasteiger partial charge in [-0.15, -0.1) is 0 Å². The van der Waals surface area contributed by atoms with Gasteiger partial charge in [0, 0.05) is 38.2 Å². The van der Waals surface area contributed by atoms with Gasteiger partial charge in [-0.25, -0.2) is 0 Å². The summed E-state index contributed by atoms with van der Waals surface area (Å²) in [4.78, 5) is 38.0. The lowest BCUT2D eigenvalue weighted by Gasteiger charge is -2.31. The number of allylic oxidation sites excluding steroid dienone is 1. The van der Waals surface area contributed by atoms with E-state index in [-0.39, 0.29) is 11.8 Å². The van der Waals surface area contributed by atoms with Crippen LogP contribution in [0.4, 0.5) is 0 Å². The van der Waals surface area contributed by atoms with Crippen LogP contribution < -0.4 is 10.1 Å². The van der Waals surface area contributed by atoms with E-state index in [0.29, 0.717) is 29.7 Å². The molecule has 1 saturated heterocycles. The summed E-state index contributed by atoms with van der Waals surface area (Å²) in [6.07, 6.45) is 8.58. The zero-order chi connectivity index (χ0) is 21.5. The maximum atomic E-state index is 12.6. The number of hydrogen-bond donors (Lipinski definition) is 1. The Balaban J connectivity index is 1.43. The van der Waals surface area contributed by atoms with Crippen LogP contribution >= 0.6 is 0 Å². The molecule has 1 aromatic carbocycles. The van der Waals surface area contributed by atoms with Gasteiger partial charge in [0.1, 0.15) is 5.75 Å². The van der Waals surface area contributed by atoms with Crippen LogP contribution in [0.1, 0.15) is 62.7 Å². The molecular formula is C24H32N2O4. The normalized spacial score (nSPS) is 18.3. The molecule has 1 aliphatic carbocycles. The summed E-state index contributed by atoms with van der Waals surface area (Å²) in [5.41, 5.74) is 1.69. The number of amides is 2. The average molecular weight is 413 g/mol. The van der Waals surface area contributed by atoms with Crippen LogP contribution in [-0.2, 0) is 9.59 Å². The Bertz CT molecular complexity index is 803. The molecule has 162 valence electrons. The van der Waals surface area contributed by atoms with Crippen LogP contribution in [0.25, 0.3) is 0 Å². The molecular weight excluding hydrogens is 380 g/mol. The summed E-state index contributed by atoms with van der Waals surface area (Å²) in [7, 11) is 0. The quantitative estimate of drug-likeness (QED) is 0.439. The number of benzene rings is 1. The fourth-order valence-corrected chi connectivity index (χ4v) is 4.35. The molecule has 0 unspecified atom stereocenters. The molecule has 0 bridgehead atoms. The molecule has 0 aromatic heterocycles. The number of piperidine rings is 1. The van der Waals surface area contributed by atoms with Crippen molar-refractivity contribution in [1.29, 1.82) is 0 Å². The number of rotatable bonds is 6. The Hall–Kier alpha value is -2.63. The Morgan fingerprint density at radius 3 is 2.47 bits per heavy atom. The van der Waals surface area contributed by atoms with Gasteiger partial charge in [-0.05, 0) is 62.6 Å². The third-order valence-electron chi connectivity index (χ3n) is 6.19. The molecule has 0 radical (unpaired) electrons. The molecule has 2 amide bonds. The van der Waals surface area contributed by atoms with Crippen LogP contribution in [-0.4, -0.2) is 42.3 Å². The minimum atomic E-state index is -0.415. The van der Waals surface area contributed by atoms with Gasteiger partial charge in [0.05, 0.1) is 0 Å². The summed E-state index contributed by atoms with van der Waals surface area (Å²) in [6.45, 7) is 5.46. The second kappa shape index (κ2) is 10.4. The molecule has 0 spiro atoms. The first kappa shape index (κ1) is 22.1. The van der Waals surface area contributed by atoms with Crippen molar-refractivity contribution in [2.24, 2.45) is 11.8 Å². The molecule has 2 aliphatic rings. The highest BCUT2D eigenvalue weighted by Gasteiger charge is 2.24. The van der Waals surface area contributed by atoms with E-state index in [1.54, 1.807) is 24.3 Å². The fourth-order valence-electron chi connectivity index (χ4n) is 4.35. The van der Waals surface area contributed by atoms with Crippen molar-refractivity contribution >= 4 is 17.8 Å². The summed E-state index contributed by atoms with van der Waals surface area (Å²) in [5, 5.41) is 2.97. The second-order valence-electron chi connectivity index (χ2n) is 8.47. The highest BCUT2D eigenvalue weighted by molar-refractivity contribution is 5.94. The first-order valence-corrected chi connectivity index (χ1v) is 11.0. The fraction of sp³-hybridized carbons (Fsp3) is 0.542. The number of carbonyl (C=O) groups excluding carboxylic acids is 3. The lowest BCUT2D eigenvalue weighted by molar-refractivity contribution is -0.132. The Labute approximate surface area is 178 Å². The monoisotopic (exact) mass is 412 g/mol. The van der Waals surface area contributed by atoms with E-state index in [4.69, 9.17) is 4.74 Å². The van der Waals surface area contributed by atoms with Crippen molar-refractivity contribution in [1.82, 2.24) is 10.2 Å². The Kier molecular flexibility index (Phi) is 7.66. The van der Waals surface area contributed by atoms with Gasteiger partial charge in [0.15, 0.2) is 0 Å². The maximum absolute atomic E-state index is 12.6. The smallest absolute Gasteiger partial charge is 0.308 e. The number of carbonyl (C=O) groups is 3. The summed E-state index contributed by atoms with van der Waals surface area (Å²) < 4.78 is 5.03. The van der Waals surface area contributed by atoms with Crippen LogP contribution in [0.5, 0.6) is 5.75 Å². The molecule has 6 nitrogen and oxygen atoms in total. The third-order valence-corrected chi connectivity index (χ3v) is 6.19. The van der Waals surface area contributed by atoms with Gasteiger partial charge >= 0.3 is 5.97 Å². The molecule has 2 fully saturated rings. The molecule has 1 aliphatic heterocycles. The number of nitrogens with one attached hydrogen (secondary N) is 1. The van der Waals surface area contributed by atoms with Crippen LogP contribution in [0.2, 0.25) is 0 Å². The molecule has 30 heavy (non-hydrogen) atoms. The highest BCUT2D eigenvalue weighted by Crippen LogP contribution is 2.31. The van der Waals surface area contributed by atoms with E-state index < -0.39 is 5.97 Å². The standard InChI is InChI=1S/C24H32N2O4/c1-17(20-6-3-4-7-20)14-23(28)26-12-10-19(11-13-26)16-25-24(29)21-8-5-9-22(15-21)30-18(2)27/h5,8-9,14-15,19-20H,3-4,6-7,10-13,16H2,1-2H3,(H,25,29)/b17-14+. The molecule has 6 heteroatoms. The van der Waals surface area contributed by atoms with E-state index in [0.717, 1.165) is 25.9 Å². The number of ether oxygens (including phenoxy) is 1. The minimum Gasteiger partial charge on any atom is -0.427 e. The predicted molar refractivity (Wildman–Crippen MR) is 115 cm³/mol. The Morgan fingerprint density at radius 1 is 1.10 bits per heavy atom. The van der Waals surface area contributed by atoms with Gasteiger partial charge in [0.25, 0.3) is 5.91 Å².